The Morgan fingerprint density at radius 3 is 2.17 bits per heavy atom. The zero-order chi connectivity index (χ0) is 21.2. The third-order valence-electron chi connectivity index (χ3n) is 4.65. The summed E-state index contributed by atoms with van der Waals surface area (Å²) in [6.45, 7) is -0.508. The second-order valence-electron chi connectivity index (χ2n) is 6.70. The molecular formula is C20H28N2O7. The van der Waals surface area contributed by atoms with Crippen LogP contribution in [0.3, 0.4) is 0 Å². The zero-order valence-electron chi connectivity index (χ0n) is 17.0. The van der Waals surface area contributed by atoms with Gasteiger partial charge in [-0.05, 0) is 37.0 Å². The molecule has 0 aromatic heterocycles. The van der Waals surface area contributed by atoms with Crippen LogP contribution < -0.4 is 24.8 Å². The molecule has 0 saturated heterocycles. The number of hydrogen-bond acceptors (Lipinski definition) is 7. The summed E-state index contributed by atoms with van der Waals surface area (Å²) in [5, 5.41) is 4.90. The molecule has 0 spiro atoms. The SMILES string of the molecule is COc1cc(CCC(=O)OCC(=O)NC(=O)NC2CCCC2)cc(OC)c1OC. The Labute approximate surface area is 170 Å². The van der Waals surface area contributed by atoms with Crippen molar-refractivity contribution in [2.75, 3.05) is 27.9 Å². The Morgan fingerprint density at radius 2 is 1.62 bits per heavy atom. The molecule has 0 atom stereocenters. The van der Waals surface area contributed by atoms with Crippen molar-refractivity contribution in [3.8, 4) is 17.2 Å². The number of ether oxygens (including phenoxy) is 4. The molecule has 9 heteroatoms. The van der Waals surface area contributed by atoms with E-state index in [4.69, 9.17) is 18.9 Å². The number of amides is 3. The van der Waals surface area contributed by atoms with Crippen molar-refractivity contribution < 1.29 is 33.3 Å². The number of benzene rings is 1. The fourth-order valence-corrected chi connectivity index (χ4v) is 3.20. The molecule has 0 radical (unpaired) electrons. The molecule has 0 aliphatic heterocycles. The van der Waals surface area contributed by atoms with E-state index in [1.54, 1.807) is 12.1 Å². The van der Waals surface area contributed by atoms with Gasteiger partial charge in [0.2, 0.25) is 5.75 Å². The summed E-state index contributed by atoms with van der Waals surface area (Å²) < 4.78 is 20.7. The molecule has 1 fully saturated rings. The van der Waals surface area contributed by atoms with Crippen LogP contribution in [0.15, 0.2) is 12.1 Å². The third-order valence-corrected chi connectivity index (χ3v) is 4.65. The molecular weight excluding hydrogens is 380 g/mol. The Hall–Kier alpha value is -2.97. The van der Waals surface area contributed by atoms with Gasteiger partial charge in [-0.3, -0.25) is 14.9 Å². The molecule has 2 N–H and O–H groups in total. The maximum absolute atomic E-state index is 11.9. The van der Waals surface area contributed by atoms with E-state index < -0.39 is 24.5 Å². The second-order valence-corrected chi connectivity index (χ2v) is 6.70. The number of urea groups is 1. The Kier molecular flexibility index (Phi) is 8.57. The first-order valence-electron chi connectivity index (χ1n) is 9.51. The monoisotopic (exact) mass is 408 g/mol. The summed E-state index contributed by atoms with van der Waals surface area (Å²) in [5.74, 6) is 0.228. The van der Waals surface area contributed by atoms with E-state index in [2.05, 4.69) is 10.6 Å². The van der Waals surface area contributed by atoms with Gasteiger partial charge in [-0.2, -0.15) is 0 Å². The van der Waals surface area contributed by atoms with E-state index in [9.17, 15) is 14.4 Å². The van der Waals surface area contributed by atoms with Crippen LogP contribution >= 0.6 is 0 Å². The van der Waals surface area contributed by atoms with E-state index in [-0.39, 0.29) is 12.5 Å². The highest BCUT2D eigenvalue weighted by Crippen LogP contribution is 2.38. The topological polar surface area (TPSA) is 112 Å². The van der Waals surface area contributed by atoms with Gasteiger partial charge < -0.3 is 24.3 Å². The molecule has 160 valence electrons. The number of hydrogen-bond donors (Lipinski definition) is 2. The fraction of sp³-hybridized carbons (Fsp3) is 0.550. The maximum atomic E-state index is 11.9. The van der Waals surface area contributed by atoms with Crippen LogP contribution in [0.4, 0.5) is 4.79 Å². The predicted molar refractivity (Wildman–Crippen MR) is 104 cm³/mol. The van der Waals surface area contributed by atoms with Crippen molar-refractivity contribution >= 4 is 17.9 Å². The predicted octanol–water partition coefficient (Wildman–Crippen LogP) is 1.96. The number of rotatable bonds is 9. The molecule has 29 heavy (non-hydrogen) atoms. The van der Waals surface area contributed by atoms with Gasteiger partial charge in [-0.25, -0.2) is 4.79 Å². The van der Waals surface area contributed by atoms with E-state index in [0.29, 0.717) is 23.7 Å². The number of imide groups is 1. The van der Waals surface area contributed by atoms with Crippen LogP contribution in [-0.2, 0) is 20.7 Å². The van der Waals surface area contributed by atoms with Crippen molar-refractivity contribution in [3.63, 3.8) is 0 Å². The van der Waals surface area contributed by atoms with Crippen molar-refractivity contribution in [1.82, 2.24) is 10.6 Å². The van der Waals surface area contributed by atoms with Crippen LogP contribution in [0.25, 0.3) is 0 Å². The molecule has 1 aliphatic rings. The minimum absolute atomic E-state index is 0.0557. The fourth-order valence-electron chi connectivity index (χ4n) is 3.20. The van der Waals surface area contributed by atoms with E-state index in [1.165, 1.54) is 21.3 Å². The van der Waals surface area contributed by atoms with Gasteiger partial charge in [0.25, 0.3) is 5.91 Å². The third kappa shape index (κ3) is 6.85. The van der Waals surface area contributed by atoms with Gasteiger partial charge >= 0.3 is 12.0 Å². The molecule has 9 nitrogen and oxygen atoms in total. The molecule has 0 unspecified atom stereocenters. The number of carbonyl (C=O) groups is 3. The Balaban J connectivity index is 1.76. The van der Waals surface area contributed by atoms with Crippen LogP contribution in [-0.4, -0.2) is 51.9 Å². The normalized spacial score (nSPS) is 13.5. The molecule has 1 aromatic rings. The molecule has 0 heterocycles. The van der Waals surface area contributed by atoms with Gasteiger partial charge in [0.15, 0.2) is 18.1 Å². The highest BCUT2D eigenvalue weighted by atomic mass is 16.5. The van der Waals surface area contributed by atoms with E-state index in [1.807, 2.05) is 0 Å². The lowest BCUT2D eigenvalue weighted by molar-refractivity contribution is -0.148. The minimum Gasteiger partial charge on any atom is -0.493 e. The van der Waals surface area contributed by atoms with Crippen LogP contribution in [0, 0.1) is 0 Å². The number of carbonyl (C=O) groups excluding carboxylic acids is 3. The average molecular weight is 408 g/mol. The zero-order valence-corrected chi connectivity index (χ0v) is 17.0. The van der Waals surface area contributed by atoms with Gasteiger partial charge in [0, 0.05) is 12.5 Å². The van der Waals surface area contributed by atoms with Gasteiger partial charge in [0.05, 0.1) is 21.3 Å². The summed E-state index contributed by atoms with van der Waals surface area (Å²) >= 11 is 0. The van der Waals surface area contributed by atoms with Crippen molar-refractivity contribution in [3.05, 3.63) is 17.7 Å². The highest BCUT2D eigenvalue weighted by Gasteiger charge is 2.19. The average Bonchev–Trinajstić information content (AvgIpc) is 3.22. The van der Waals surface area contributed by atoms with Crippen LogP contribution in [0.5, 0.6) is 17.2 Å². The van der Waals surface area contributed by atoms with Crippen molar-refractivity contribution in [2.45, 2.75) is 44.6 Å². The summed E-state index contributed by atoms with van der Waals surface area (Å²) in [7, 11) is 4.53. The number of esters is 1. The molecule has 0 bridgehead atoms. The summed E-state index contributed by atoms with van der Waals surface area (Å²) in [6, 6.07) is 3.03. The number of nitrogens with one attached hydrogen (secondary N) is 2. The summed E-state index contributed by atoms with van der Waals surface area (Å²) in [5.41, 5.74) is 0.789. The van der Waals surface area contributed by atoms with E-state index >= 15 is 0 Å². The number of aryl methyl sites for hydroxylation is 1. The standard InChI is InChI=1S/C20H28N2O7/c1-26-15-10-13(11-16(27-2)19(15)28-3)8-9-18(24)29-12-17(23)22-20(25)21-14-6-4-5-7-14/h10-11,14H,4-9,12H2,1-3H3,(H2,21,22,23,25). The van der Waals surface area contributed by atoms with Crippen molar-refractivity contribution in [2.24, 2.45) is 0 Å². The lowest BCUT2D eigenvalue weighted by atomic mass is 10.1. The Bertz CT molecular complexity index is 705. The lowest BCUT2D eigenvalue weighted by Gasteiger charge is -2.14. The first kappa shape index (κ1) is 22.3. The lowest BCUT2D eigenvalue weighted by Crippen LogP contribution is -2.45. The molecule has 1 saturated carbocycles. The largest absolute Gasteiger partial charge is 0.493 e. The molecule has 2 rings (SSSR count). The molecule has 1 aliphatic carbocycles. The second kappa shape index (κ2) is 11.1. The van der Waals surface area contributed by atoms with Gasteiger partial charge in [-0.1, -0.05) is 12.8 Å². The molecule has 3 amide bonds. The van der Waals surface area contributed by atoms with E-state index in [0.717, 1.165) is 31.2 Å². The van der Waals surface area contributed by atoms with Gasteiger partial charge in [-0.15, -0.1) is 0 Å². The van der Waals surface area contributed by atoms with Crippen LogP contribution in [0.2, 0.25) is 0 Å². The summed E-state index contributed by atoms with van der Waals surface area (Å²) in [4.78, 5) is 35.4. The van der Waals surface area contributed by atoms with Crippen LogP contribution in [0.1, 0.15) is 37.7 Å². The highest BCUT2D eigenvalue weighted by molar-refractivity contribution is 5.95. The number of methoxy groups -OCH3 is 3. The minimum atomic E-state index is -0.665. The first-order chi connectivity index (χ1) is 14.0. The first-order valence-corrected chi connectivity index (χ1v) is 9.51. The van der Waals surface area contributed by atoms with Gasteiger partial charge in [0.1, 0.15) is 0 Å². The molecule has 1 aromatic carbocycles. The maximum Gasteiger partial charge on any atom is 0.321 e. The Morgan fingerprint density at radius 1 is 1.00 bits per heavy atom. The quantitative estimate of drug-likeness (QED) is 0.601. The van der Waals surface area contributed by atoms with Crippen molar-refractivity contribution in [1.29, 1.82) is 0 Å². The smallest absolute Gasteiger partial charge is 0.321 e. The summed E-state index contributed by atoms with van der Waals surface area (Å²) in [6.07, 6.45) is 4.39.